The quantitative estimate of drug-likeness (QED) is 0.201. The summed E-state index contributed by atoms with van der Waals surface area (Å²) in [6, 6.07) is 40.0. The van der Waals surface area contributed by atoms with Gasteiger partial charge in [-0.2, -0.15) is 0 Å². The smallest absolute Gasteiger partial charge is 0.341 e. The van der Waals surface area contributed by atoms with Crippen LogP contribution in [0.4, 0.5) is 0 Å². The van der Waals surface area contributed by atoms with Crippen molar-refractivity contribution in [3.05, 3.63) is 165 Å². The van der Waals surface area contributed by atoms with E-state index in [1.165, 1.54) is 62.4 Å². The number of aryl methyl sites for hydroxylation is 1. The minimum atomic E-state index is -0.303. The second kappa shape index (κ2) is 11.7. The summed E-state index contributed by atoms with van der Waals surface area (Å²) in [5.74, 6) is 0.930. The zero-order valence-electron chi connectivity index (χ0n) is 24.9. The molecule has 1 atom stereocenters. The molecule has 5 aromatic rings. The molecule has 7 rings (SSSR count). The Hall–Kier alpha value is -4.41. The van der Waals surface area contributed by atoms with E-state index in [0.29, 0.717) is 0 Å². The predicted octanol–water partition coefficient (Wildman–Crippen LogP) is 8.60. The van der Waals surface area contributed by atoms with Crippen LogP contribution in [0.25, 0.3) is 22.5 Å². The lowest BCUT2D eigenvalue weighted by Crippen LogP contribution is -2.46. The Morgan fingerprint density at radius 3 is 1.98 bits per heavy atom. The normalized spacial score (nSPS) is 17.1. The molecule has 4 aromatic carbocycles. The van der Waals surface area contributed by atoms with E-state index in [1.54, 1.807) is 12.1 Å². The van der Waals surface area contributed by atoms with E-state index < -0.39 is 0 Å². The monoisotopic (exact) mass is 579 g/mol. The van der Waals surface area contributed by atoms with Gasteiger partial charge in [0.05, 0.1) is 6.26 Å². The third-order valence-corrected chi connectivity index (χ3v) is 9.25. The second-order valence-corrected chi connectivity index (χ2v) is 12.5. The van der Waals surface area contributed by atoms with Crippen LogP contribution in [0.2, 0.25) is 0 Å². The number of hydrogen-bond donors (Lipinski definition) is 0. The van der Waals surface area contributed by atoms with Gasteiger partial charge in [-0.05, 0) is 69.7 Å². The van der Waals surface area contributed by atoms with Crippen molar-refractivity contribution >= 4 is 21.8 Å². The van der Waals surface area contributed by atoms with Crippen LogP contribution in [-0.4, -0.2) is 10.5 Å². The summed E-state index contributed by atoms with van der Waals surface area (Å²) >= 11 is 0. The molecule has 1 aromatic heterocycles. The maximum absolute atomic E-state index is 10.1. The van der Waals surface area contributed by atoms with Gasteiger partial charge in [0, 0.05) is 22.6 Å². The fraction of sp³-hybridized carbons (Fsp3) is 0.205. The maximum Gasteiger partial charge on any atom is 0.341 e. The molecule has 0 spiro atoms. The van der Waals surface area contributed by atoms with Crippen molar-refractivity contribution in [2.45, 2.75) is 45.4 Å². The number of benzene rings is 4. The van der Waals surface area contributed by atoms with Crippen molar-refractivity contribution in [3.63, 3.8) is 0 Å². The van der Waals surface area contributed by atoms with Crippen molar-refractivity contribution in [2.24, 2.45) is 5.41 Å². The molecule has 213 valence electrons. The Kier molecular flexibility index (Phi) is 7.81. The Morgan fingerprint density at radius 2 is 1.35 bits per heavy atom. The molecule has 0 bridgehead atoms. The molecule has 0 saturated heterocycles. The standard InChI is InChI=1S/C34H31OSi.C5H4O2/c1-33(2,3)34(25-15-8-5-9-16-25)22-30-28-19-18-23-12-10-11-17-26(23)27(28)20-21-29(30)32(35-36)31(34)24-13-6-4-7-14-24;6-5-3-1-2-4-7-5/h4-17,20-21H,18-19,22H2,1-3H3;1-4H. The van der Waals surface area contributed by atoms with Gasteiger partial charge in [-0.1, -0.05) is 124 Å². The third-order valence-electron chi connectivity index (χ3n) is 9.04. The summed E-state index contributed by atoms with van der Waals surface area (Å²) in [4.78, 5) is 10.1. The third kappa shape index (κ3) is 5.10. The van der Waals surface area contributed by atoms with E-state index in [9.17, 15) is 4.79 Å². The van der Waals surface area contributed by atoms with Crippen molar-refractivity contribution in [2.75, 3.05) is 0 Å². The zero-order chi connectivity index (χ0) is 30.0. The summed E-state index contributed by atoms with van der Waals surface area (Å²) in [7, 11) is 3.53. The van der Waals surface area contributed by atoms with Gasteiger partial charge >= 0.3 is 16.1 Å². The highest BCUT2D eigenvalue weighted by atomic mass is 28.2. The van der Waals surface area contributed by atoms with Crippen LogP contribution in [-0.2, 0) is 29.1 Å². The molecule has 1 unspecified atom stereocenters. The molecule has 1 heterocycles. The first kappa shape index (κ1) is 28.7. The van der Waals surface area contributed by atoms with Gasteiger partial charge in [0.1, 0.15) is 5.76 Å². The van der Waals surface area contributed by atoms with E-state index in [2.05, 4.69) is 133 Å². The number of allylic oxidation sites excluding steroid dienone is 1. The topological polar surface area (TPSA) is 39.4 Å². The lowest BCUT2D eigenvalue weighted by molar-refractivity contribution is 0.241. The Morgan fingerprint density at radius 1 is 0.698 bits per heavy atom. The highest BCUT2D eigenvalue weighted by molar-refractivity contribution is 6.07. The lowest BCUT2D eigenvalue weighted by Gasteiger charge is -2.51. The van der Waals surface area contributed by atoms with Crippen molar-refractivity contribution in [1.29, 1.82) is 0 Å². The largest absolute Gasteiger partial charge is 0.540 e. The fourth-order valence-corrected chi connectivity index (χ4v) is 7.26. The van der Waals surface area contributed by atoms with Crippen molar-refractivity contribution in [3.8, 4) is 11.1 Å². The summed E-state index contributed by atoms with van der Waals surface area (Å²) in [5.41, 5.74) is 11.4. The summed E-state index contributed by atoms with van der Waals surface area (Å²) in [5, 5.41) is 0. The first-order valence-corrected chi connectivity index (χ1v) is 15.2. The number of hydrogen-bond acceptors (Lipinski definition) is 3. The SMILES string of the molecule is CC(C)(C)C1(c2ccccc2)Cc2c(ccc3c2CCc2ccccc2-3)C(O[Si])=C1c1ccccc1.O=c1cccco1. The number of fused-ring (bicyclic) bond motifs is 5. The first-order valence-electron chi connectivity index (χ1n) is 14.8. The summed E-state index contributed by atoms with van der Waals surface area (Å²) in [6.45, 7) is 7.14. The van der Waals surface area contributed by atoms with E-state index in [4.69, 9.17) is 4.43 Å². The molecular weight excluding hydrogens is 545 g/mol. The van der Waals surface area contributed by atoms with Gasteiger partial charge in [-0.3, -0.25) is 0 Å². The van der Waals surface area contributed by atoms with Crippen molar-refractivity contribution < 1.29 is 8.84 Å². The Bertz CT molecular complexity index is 1810. The van der Waals surface area contributed by atoms with Gasteiger partial charge in [-0.25, -0.2) is 4.79 Å². The van der Waals surface area contributed by atoms with Gasteiger partial charge < -0.3 is 8.84 Å². The molecule has 0 fully saturated rings. The highest BCUT2D eigenvalue weighted by Crippen LogP contribution is 2.59. The molecule has 3 radical (unpaired) electrons. The van der Waals surface area contributed by atoms with Gasteiger partial charge in [0.25, 0.3) is 0 Å². The molecule has 4 heteroatoms. The average Bonchev–Trinajstić information content (AvgIpc) is 3.04. The van der Waals surface area contributed by atoms with E-state index in [1.807, 2.05) is 0 Å². The Balaban J connectivity index is 0.000000415. The lowest BCUT2D eigenvalue weighted by atomic mass is 9.52. The molecule has 0 aliphatic heterocycles. The highest BCUT2D eigenvalue weighted by Gasteiger charge is 2.51. The van der Waals surface area contributed by atoms with Gasteiger partial charge in [0.15, 0.2) is 0 Å². The van der Waals surface area contributed by atoms with Crippen LogP contribution in [0.3, 0.4) is 0 Å². The summed E-state index contributed by atoms with van der Waals surface area (Å²) in [6.07, 6.45) is 4.42. The molecule has 0 N–H and O–H groups in total. The van der Waals surface area contributed by atoms with E-state index >= 15 is 0 Å². The molecule has 2 aliphatic rings. The zero-order valence-corrected chi connectivity index (χ0v) is 25.9. The van der Waals surface area contributed by atoms with Gasteiger partial charge in [-0.15, -0.1) is 0 Å². The van der Waals surface area contributed by atoms with E-state index in [0.717, 1.165) is 25.0 Å². The fourth-order valence-electron chi connectivity index (χ4n) is 7.04. The molecule has 0 amide bonds. The first-order chi connectivity index (χ1) is 20.8. The molecule has 3 nitrogen and oxygen atoms in total. The molecule has 2 aliphatic carbocycles. The van der Waals surface area contributed by atoms with Crippen LogP contribution in [0.15, 0.2) is 131 Å². The molecular formula is C39H35O3Si. The summed E-state index contributed by atoms with van der Waals surface area (Å²) < 4.78 is 10.6. The van der Waals surface area contributed by atoms with E-state index in [-0.39, 0.29) is 16.5 Å². The molecule has 0 saturated carbocycles. The maximum atomic E-state index is 10.1. The van der Waals surface area contributed by atoms with Gasteiger partial charge in [0.2, 0.25) is 0 Å². The van der Waals surface area contributed by atoms with Crippen molar-refractivity contribution in [1.82, 2.24) is 0 Å². The van der Waals surface area contributed by atoms with Crippen LogP contribution < -0.4 is 5.63 Å². The van der Waals surface area contributed by atoms with Crippen LogP contribution in [0, 0.1) is 5.41 Å². The minimum Gasteiger partial charge on any atom is -0.540 e. The number of rotatable bonds is 3. The second-order valence-electron chi connectivity index (χ2n) is 12.3. The average molecular weight is 580 g/mol. The minimum absolute atomic E-state index is 0.0808. The van der Waals surface area contributed by atoms with Crippen LogP contribution in [0.1, 0.15) is 54.2 Å². The Labute approximate surface area is 257 Å². The predicted molar refractivity (Wildman–Crippen MR) is 176 cm³/mol. The van der Waals surface area contributed by atoms with Crippen LogP contribution in [0.5, 0.6) is 0 Å². The van der Waals surface area contributed by atoms with Crippen LogP contribution >= 0.6 is 0 Å². The molecule has 43 heavy (non-hydrogen) atoms.